The van der Waals surface area contributed by atoms with Gasteiger partial charge in [0.1, 0.15) is 5.76 Å². The summed E-state index contributed by atoms with van der Waals surface area (Å²) in [5.41, 5.74) is 4.26. The number of nitrogens with zero attached hydrogens (tertiary/aromatic N) is 1. The third-order valence-electron chi connectivity index (χ3n) is 2.73. The molecule has 2 heteroatoms. The van der Waals surface area contributed by atoms with Crippen LogP contribution in [0.25, 0.3) is 11.4 Å². The average molecular weight is 213 g/mol. The Morgan fingerprint density at radius 3 is 1.94 bits per heavy atom. The summed E-state index contributed by atoms with van der Waals surface area (Å²) in [4.78, 5) is 0. The number of benzene rings is 1. The predicted octanol–water partition coefficient (Wildman–Crippen LogP) is 3.62. The normalized spacial score (nSPS) is 10.4. The molecular weight excluding hydrogens is 198 g/mol. The Hall–Kier alpha value is -1.96. The fourth-order valence-corrected chi connectivity index (χ4v) is 1.88. The molecule has 2 nitrogen and oxygen atoms in total. The number of aromatic nitrogens is 1. The van der Waals surface area contributed by atoms with Gasteiger partial charge in [0, 0.05) is 22.6 Å². The Morgan fingerprint density at radius 1 is 1.00 bits per heavy atom. The van der Waals surface area contributed by atoms with Crippen molar-refractivity contribution in [3.05, 3.63) is 59.9 Å². The molecule has 0 aliphatic carbocycles. The van der Waals surface area contributed by atoms with E-state index in [9.17, 15) is 5.11 Å². The molecule has 0 saturated carbocycles. The van der Waals surface area contributed by atoms with Crippen LogP contribution in [0.15, 0.2) is 43.0 Å². The van der Waals surface area contributed by atoms with E-state index in [1.165, 1.54) is 11.4 Å². The maximum atomic E-state index is 9.25. The van der Waals surface area contributed by atoms with Gasteiger partial charge in [0.25, 0.3) is 0 Å². The molecule has 0 radical (unpaired) electrons. The van der Waals surface area contributed by atoms with Gasteiger partial charge in [-0.15, -0.1) is 0 Å². The summed E-state index contributed by atoms with van der Waals surface area (Å²) in [5.74, 6) is 0.104. The highest BCUT2D eigenvalue weighted by atomic mass is 16.3. The van der Waals surface area contributed by atoms with E-state index in [1.807, 2.05) is 24.3 Å². The van der Waals surface area contributed by atoms with E-state index in [2.05, 4.69) is 37.1 Å². The van der Waals surface area contributed by atoms with Crippen LogP contribution in [0.3, 0.4) is 0 Å². The molecule has 1 aromatic heterocycles. The molecule has 1 N–H and O–H groups in total. The van der Waals surface area contributed by atoms with Crippen molar-refractivity contribution in [2.75, 3.05) is 0 Å². The Balaban J connectivity index is 2.46. The first kappa shape index (κ1) is 10.6. The van der Waals surface area contributed by atoms with E-state index in [4.69, 9.17) is 0 Å². The molecule has 0 amide bonds. The van der Waals surface area contributed by atoms with Crippen molar-refractivity contribution in [3.63, 3.8) is 0 Å². The lowest BCUT2D eigenvalue weighted by atomic mass is 10.2. The van der Waals surface area contributed by atoms with Crippen molar-refractivity contribution in [1.29, 1.82) is 0 Å². The summed E-state index contributed by atoms with van der Waals surface area (Å²) in [5, 5.41) is 9.25. The largest absolute Gasteiger partial charge is 0.508 e. The molecule has 0 fully saturated rings. The van der Waals surface area contributed by atoms with E-state index in [0.717, 1.165) is 11.3 Å². The van der Waals surface area contributed by atoms with Crippen LogP contribution in [0.1, 0.15) is 17.0 Å². The van der Waals surface area contributed by atoms with Gasteiger partial charge in [-0.3, -0.25) is 0 Å². The first-order valence-electron chi connectivity index (χ1n) is 5.23. The Bertz CT molecular complexity index is 501. The number of aliphatic hydroxyl groups is 1. The molecule has 1 heterocycles. The minimum absolute atomic E-state index is 0.104. The lowest BCUT2D eigenvalue weighted by molar-refractivity contribution is 0.514. The van der Waals surface area contributed by atoms with Crippen molar-refractivity contribution in [3.8, 4) is 5.69 Å². The number of hydrogen-bond donors (Lipinski definition) is 1. The van der Waals surface area contributed by atoms with Crippen molar-refractivity contribution in [2.45, 2.75) is 13.8 Å². The van der Waals surface area contributed by atoms with Gasteiger partial charge in [-0.2, -0.15) is 0 Å². The van der Waals surface area contributed by atoms with Crippen molar-refractivity contribution < 1.29 is 5.11 Å². The first-order chi connectivity index (χ1) is 7.59. The van der Waals surface area contributed by atoms with Crippen LogP contribution < -0.4 is 0 Å². The van der Waals surface area contributed by atoms with E-state index in [1.54, 1.807) is 0 Å². The molecular formula is C14H15NO. The predicted molar refractivity (Wildman–Crippen MR) is 66.9 cm³/mol. The topological polar surface area (TPSA) is 25.2 Å². The third-order valence-corrected chi connectivity index (χ3v) is 2.73. The number of hydrogen-bond acceptors (Lipinski definition) is 1. The van der Waals surface area contributed by atoms with Crippen molar-refractivity contribution in [1.82, 2.24) is 4.57 Å². The van der Waals surface area contributed by atoms with Crippen LogP contribution in [0.2, 0.25) is 0 Å². The highest BCUT2D eigenvalue weighted by Gasteiger charge is 2.03. The molecule has 0 bridgehead atoms. The summed E-state index contributed by atoms with van der Waals surface area (Å²) in [6.45, 7) is 7.65. The molecule has 0 saturated heterocycles. The Labute approximate surface area is 95.5 Å². The average Bonchev–Trinajstić information content (AvgIpc) is 2.59. The maximum absolute atomic E-state index is 9.25. The fourth-order valence-electron chi connectivity index (χ4n) is 1.88. The van der Waals surface area contributed by atoms with Crippen LogP contribution in [-0.4, -0.2) is 9.67 Å². The van der Waals surface area contributed by atoms with Crippen LogP contribution in [0.5, 0.6) is 0 Å². The second-order valence-corrected chi connectivity index (χ2v) is 3.95. The number of rotatable bonds is 2. The minimum atomic E-state index is 0.104. The Morgan fingerprint density at radius 2 is 1.50 bits per heavy atom. The lowest BCUT2D eigenvalue weighted by Gasteiger charge is -2.09. The van der Waals surface area contributed by atoms with Crippen LogP contribution in [0.4, 0.5) is 0 Å². The summed E-state index contributed by atoms with van der Waals surface area (Å²) in [6, 6.07) is 11.9. The molecule has 0 atom stereocenters. The van der Waals surface area contributed by atoms with Crippen LogP contribution >= 0.6 is 0 Å². The second-order valence-electron chi connectivity index (χ2n) is 3.95. The summed E-state index contributed by atoms with van der Waals surface area (Å²) < 4.78 is 2.17. The standard InChI is InChI=1S/C14H15NO/c1-10-4-5-11(2)15(10)14-8-6-13(7-9-14)12(3)16/h4-9,16H,3H2,1-2H3. The molecule has 0 unspecified atom stereocenters. The van der Waals surface area contributed by atoms with Crippen LogP contribution in [0, 0.1) is 13.8 Å². The van der Waals surface area contributed by atoms with E-state index in [-0.39, 0.29) is 5.76 Å². The van der Waals surface area contributed by atoms with Gasteiger partial charge < -0.3 is 9.67 Å². The van der Waals surface area contributed by atoms with Gasteiger partial charge in [-0.1, -0.05) is 6.58 Å². The van der Waals surface area contributed by atoms with Crippen molar-refractivity contribution in [2.24, 2.45) is 0 Å². The molecule has 16 heavy (non-hydrogen) atoms. The monoisotopic (exact) mass is 213 g/mol. The summed E-state index contributed by atoms with van der Waals surface area (Å²) >= 11 is 0. The maximum Gasteiger partial charge on any atom is 0.115 e. The molecule has 0 aliphatic rings. The van der Waals surface area contributed by atoms with E-state index in [0.29, 0.717) is 0 Å². The second kappa shape index (κ2) is 3.89. The highest BCUT2D eigenvalue weighted by Crippen LogP contribution is 2.18. The zero-order valence-electron chi connectivity index (χ0n) is 9.57. The quantitative estimate of drug-likeness (QED) is 0.757. The van der Waals surface area contributed by atoms with Gasteiger partial charge in [0.15, 0.2) is 0 Å². The van der Waals surface area contributed by atoms with E-state index >= 15 is 0 Å². The van der Waals surface area contributed by atoms with Gasteiger partial charge >= 0.3 is 0 Å². The first-order valence-corrected chi connectivity index (χ1v) is 5.23. The molecule has 0 spiro atoms. The molecule has 0 aliphatic heterocycles. The van der Waals surface area contributed by atoms with Gasteiger partial charge in [0.05, 0.1) is 0 Å². The molecule has 2 rings (SSSR count). The fraction of sp³-hybridized carbons (Fsp3) is 0.143. The number of aryl methyl sites for hydroxylation is 2. The molecule has 2 aromatic rings. The van der Waals surface area contributed by atoms with Gasteiger partial charge in [-0.25, -0.2) is 0 Å². The summed E-state index contributed by atoms with van der Waals surface area (Å²) in [6.07, 6.45) is 0. The Kier molecular flexibility index (Phi) is 2.57. The van der Waals surface area contributed by atoms with Gasteiger partial charge in [0.2, 0.25) is 0 Å². The minimum Gasteiger partial charge on any atom is -0.508 e. The van der Waals surface area contributed by atoms with Crippen LogP contribution in [-0.2, 0) is 0 Å². The third kappa shape index (κ3) is 1.74. The SMILES string of the molecule is C=C(O)c1ccc(-n2c(C)ccc2C)cc1. The zero-order chi connectivity index (χ0) is 11.7. The number of aliphatic hydroxyl groups excluding tert-OH is 1. The summed E-state index contributed by atoms with van der Waals surface area (Å²) in [7, 11) is 0. The smallest absolute Gasteiger partial charge is 0.115 e. The lowest BCUT2D eigenvalue weighted by Crippen LogP contribution is -1.98. The zero-order valence-corrected chi connectivity index (χ0v) is 9.57. The van der Waals surface area contributed by atoms with E-state index < -0.39 is 0 Å². The molecule has 1 aromatic carbocycles. The van der Waals surface area contributed by atoms with Gasteiger partial charge in [-0.05, 0) is 50.2 Å². The van der Waals surface area contributed by atoms with Crippen molar-refractivity contribution >= 4 is 5.76 Å². The molecule has 82 valence electrons. The highest BCUT2D eigenvalue weighted by molar-refractivity contribution is 5.57.